The van der Waals surface area contributed by atoms with E-state index in [1.807, 2.05) is 0 Å². The van der Waals surface area contributed by atoms with Crippen molar-refractivity contribution in [3.63, 3.8) is 0 Å². The molecule has 2 bridgehead atoms. The molecular weight excluding hydrogens is 214 g/mol. The summed E-state index contributed by atoms with van der Waals surface area (Å²) < 4.78 is 0. The number of rotatable bonds is 5. The lowest BCUT2D eigenvalue weighted by atomic mass is 9.89. The summed E-state index contributed by atoms with van der Waals surface area (Å²) in [6.45, 7) is 2.43. The first-order valence-electron chi connectivity index (χ1n) is 6.63. The maximum absolute atomic E-state index is 3.66. The molecule has 88 valence electrons. The molecule has 3 unspecified atom stereocenters. The summed E-state index contributed by atoms with van der Waals surface area (Å²) in [5.74, 6) is 3.16. The minimum atomic E-state index is 1.00. The van der Waals surface area contributed by atoms with Crippen LogP contribution in [0.25, 0.3) is 0 Å². The predicted molar refractivity (Wildman–Crippen MR) is 69.8 cm³/mol. The van der Waals surface area contributed by atoms with Crippen LogP contribution in [0.1, 0.15) is 31.2 Å². The van der Waals surface area contributed by atoms with Crippen LogP contribution in [0, 0.1) is 17.8 Å². The van der Waals surface area contributed by atoms with Crippen molar-refractivity contribution in [2.75, 3.05) is 13.1 Å². The zero-order chi connectivity index (χ0) is 10.8. The Morgan fingerprint density at radius 1 is 1.31 bits per heavy atom. The van der Waals surface area contributed by atoms with E-state index in [1.54, 1.807) is 11.3 Å². The summed E-state index contributed by atoms with van der Waals surface area (Å²) in [6.07, 6.45) is 7.29. The van der Waals surface area contributed by atoms with Gasteiger partial charge in [-0.1, -0.05) is 6.42 Å². The summed E-state index contributed by atoms with van der Waals surface area (Å²) in [5, 5.41) is 8.09. The van der Waals surface area contributed by atoms with Gasteiger partial charge in [-0.25, -0.2) is 0 Å². The molecule has 0 aromatic carbocycles. The standard InChI is InChI=1S/C14H21NS/c1-2-13-7-12(1)8-14(13)9-15-5-3-11-4-6-16-10-11/h4,6,10,12-15H,1-3,5,7-9H2. The Morgan fingerprint density at radius 2 is 2.31 bits per heavy atom. The summed E-state index contributed by atoms with van der Waals surface area (Å²) in [6, 6.07) is 2.24. The van der Waals surface area contributed by atoms with Crippen molar-refractivity contribution in [2.45, 2.75) is 32.1 Å². The van der Waals surface area contributed by atoms with Crippen LogP contribution in [-0.2, 0) is 6.42 Å². The van der Waals surface area contributed by atoms with E-state index in [-0.39, 0.29) is 0 Å². The fraction of sp³-hybridized carbons (Fsp3) is 0.714. The van der Waals surface area contributed by atoms with E-state index in [2.05, 4.69) is 22.1 Å². The third-order valence-electron chi connectivity index (χ3n) is 4.46. The number of nitrogens with one attached hydrogen (secondary N) is 1. The lowest BCUT2D eigenvalue weighted by Gasteiger charge is -2.21. The van der Waals surface area contributed by atoms with Gasteiger partial charge < -0.3 is 5.32 Å². The third-order valence-corrected chi connectivity index (χ3v) is 5.19. The average molecular weight is 235 g/mol. The van der Waals surface area contributed by atoms with Crippen LogP contribution in [0.5, 0.6) is 0 Å². The van der Waals surface area contributed by atoms with Gasteiger partial charge in [0, 0.05) is 0 Å². The Morgan fingerprint density at radius 3 is 3.00 bits per heavy atom. The van der Waals surface area contributed by atoms with Gasteiger partial charge >= 0.3 is 0 Å². The highest BCUT2D eigenvalue weighted by atomic mass is 32.1. The van der Waals surface area contributed by atoms with Crippen molar-refractivity contribution in [1.29, 1.82) is 0 Å². The Kier molecular flexibility index (Phi) is 3.30. The SMILES string of the molecule is c1cc(CCNCC2CC3CCC2C3)cs1. The van der Waals surface area contributed by atoms with Crippen molar-refractivity contribution in [3.8, 4) is 0 Å². The second-order valence-electron chi connectivity index (χ2n) is 5.52. The molecule has 2 heteroatoms. The molecule has 0 saturated heterocycles. The fourth-order valence-electron chi connectivity index (χ4n) is 3.58. The zero-order valence-electron chi connectivity index (χ0n) is 9.82. The summed E-state index contributed by atoms with van der Waals surface area (Å²) in [4.78, 5) is 0. The number of hydrogen-bond acceptors (Lipinski definition) is 2. The van der Waals surface area contributed by atoms with Gasteiger partial charge in [0.1, 0.15) is 0 Å². The van der Waals surface area contributed by atoms with E-state index in [0.29, 0.717) is 0 Å². The van der Waals surface area contributed by atoms with Crippen LogP contribution in [0.15, 0.2) is 16.8 Å². The second kappa shape index (κ2) is 4.89. The fourth-order valence-corrected chi connectivity index (χ4v) is 4.28. The minimum Gasteiger partial charge on any atom is -0.316 e. The first kappa shape index (κ1) is 10.8. The average Bonchev–Trinajstić information content (AvgIpc) is 3.01. The highest BCUT2D eigenvalue weighted by Crippen LogP contribution is 2.47. The maximum Gasteiger partial charge on any atom is -0.000794 e. The Labute approximate surface area is 102 Å². The molecule has 3 rings (SSSR count). The van der Waals surface area contributed by atoms with Crippen LogP contribution in [-0.4, -0.2) is 13.1 Å². The van der Waals surface area contributed by atoms with Crippen LogP contribution in [0.3, 0.4) is 0 Å². The molecule has 1 heterocycles. The number of hydrogen-bond donors (Lipinski definition) is 1. The van der Waals surface area contributed by atoms with Gasteiger partial charge in [0.25, 0.3) is 0 Å². The topological polar surface area (TPSA) is 12.0 Å². The molecule has 2 saturated carbocycles. The van der Waals surface area contributed by atoms with E-state index in [9.17, 15) is 0 Å². The van der Waals surface area contributed by atoms with Crippen molar-refractivity contribution in [3.05, 3.63) is 22.4 Å². The molecule has 1 aromatic rings. The molecule has 2 fully saturated rings. The van der Waals surface area contributed by atoms with Gasteiger partial charge in [0.15, 0.2) is 0 Å². The monoisotopic (exact) mass is 235 g/mol. The van der Waals surface area contributed by atoms with Gasteiger partial charge in [-0.05, 0) is 78.9 Å². The maximum atomic E-state index is 3.66. The highest BCUT2D eigenvalue weighted by molar-refractivity contribution is 7.07. The molecule has 2 aliphatic carbocycles. The first-order chi connectivity index (χ1) is 7.92. The van der Waals surface area contributed by atoms with Crippen LogP contribution in [0.4, 0.5) is 0 Å². The minimum absolute atomic E-state index is 1.00. The zero-order valence-corrected chi connectivity index (χ0v) is 10.6. The predicted octanol–water partition coefficient (Wildman–Crippen LogP) is 3.32. The molecule has 2 aliphatic rings. The summed E-state index contributed by atoms with van der Waals surface area (Å²) >= 11 is 1.80. The second-order valence-corrected chi connectivity index (χ2v) is 6.30. The molecular formula is C14H21NS. The number of thiophene rings is 1. The van der Waals surface area contributed by atoms with Crippen LogP contribution >= 0.6 is 11.3 Å². The molecule has 1 aromatic heterocycles. The van der Waals surface area contributed by atoms with E-state index in [1.165, 1.54) is 44.2 Å². The molecule has 0 aliphatic heterocycles. The van der Waals surface area contributed by atoms with E-state index >= 15 is 0 Å². The Balaban J connectivity index is 1.35. The van der Waals surface area contributed by atoms with Crippen LogP contribution in [0.2, 0.25) is 0 Å². The van der Waals surface area contributed by atoms with Crippen molar-refractivity contribution < 1.29 is 0 Å². The van der Waals surface area contributed by atoms with Gasteiger partial charge in [0.05, 0.1) is 0 Å². The van der Waals surface area contributed by atoms with Gasteiger partial charge in [0.2, 0.25) is 0 Å². The highest BCUT2D eigenvalue weighted by Gasteiger charge is 2.38. The summed E-state index contributed by atoms with van der Waals surface area (Å²) in [5.41, 5.74) is 1.49. The van der Waals surface area contributed by atoms with Crippen molar-refractivity contribution in [2.24, 2.45) is 17.8 Å². The molecule has 1 nitrogen and oxygen atoms in total. The molecule has 0 spiro atoms. The molecule has 0 amide bonds. The van der Waals surface area contributed by atoms with Crippen LogP contribution < -0.4 is 5.32 Å². The Bertz CT molecular complexity index is 319. The first-order valence-corrected chi connectivity index (χ1v) is 7.58. The van der Waals surface area contributed by atoms with Crippen molar-refractivity contribution >= 4 is 11.3 Å². The third kappa shape index (κ3) is 2.33. The molecule has 3 atom stereocenters. The Hall–Kier alpha value is -0.340. The number of fused-ring (bicyclic) bond motifs is 2. The van der Waals surface area contributed by atoms with Gasteiger partial charge in [-0.3, -0.25) is 0 Å². The summed E-state index contributed by atoms with van der Waals surface area (Å²) in [7, 11) is 0. The quantitative estimate of drug-likeness (QED) is 0.772. The van der Waals surface area contributed by atoms with Gasteiger partial charge in [-0.2, -0.15) is 11.3 Å². The van der Waals surface area contributed by atoms with Gasteiger partial charge in [-0.15, -0.1) is 0 Å². The normalized spacial score (nSPS) is 32.4. The van der Waals surface area contributed by atoms with E-state index in [4.69, 9.17) is 0 Å². The lowest BCUT2D eigenvalue weighted by Crippen LogP contribution is -2.27. The molecule has 0 radical (unpaired) electrons. The largest absolute Gasteiger partial charge is 0.316 e. The van der Waals surface area contributed by atoms with E-state index < -0.39 is 0 Å². The lowest BCUT2D eigenvalue weighted by molar-refractivity contribution is 0.320. The molecule has 1 N–H and O–H groups in total. The van der Waals surface area contributed by atoms with E-state index in [0.717, 1.165) is 24.3 Å². The molecule has 16 heavy (non-hydrogen) atoms. The smallest absolute Gasteiger partial charge is 0.000794 e. The van der Waals surface area contributed by atoms with Crippen molar-refractivity contribution in [1.82, 2.24) is 5.32 Å².